The lowest BCUT2D eigenvalue weighted by Crippen LogP contribution is -2.26. The zero-order valence-corrected chi connectivity index (χ0v) is 6.09. The molecule has 0 aromatic rings. The monoisotopic (exact) mass is 142 g/mol. The molecule has 0 amide bonds. The van der Waals surface area contributed by atoms with Crippen molar-refractivity contribution in [3.8, 4) is 0 Å². The van der Waals surface area contributed by atoms with Crippen molar-refractivity contribution in [3.63, 3.8) is 0 Å². The molecule has 0 heterocycles. The molecule has 0 bridgehead atoms. The Balaban J connectivity index is 3.68. The number of ether oxygens (including phenoxy) is 1. The van der Waals surface area contributed by atoms with Crippen LogP contribution in [-0.4, -0.2) is 12.2 Å². The highest BCUT2D eigenvalue weighted by Crippen LogP contribution is 1.96. The van der Waals surface area contributed by atoms with E-state index >= 15 is 0 Å². The van der Waals surface area contributed by atoms with E-state index in [0.29, 0.717) is 12.0 Å². The minimum absolute atomic E-state index is 0.351. The van der Waals surface area contributed by atoms with Crippen molar-refractivity contribution in [1.29, 1.82) is 0 Å². The van der Waals surface area contributed by atoms with Crippen molar-refractivity contribution in [3.05, 3.63) is 19.1 Å². The molecule has 10 heavy (non-hydrogen) atoms. The summed E-state index contributed by atoms with van der Waals surface area (Å²) in [4.78, 5) is 10.7. The average Bonchev–Trinajstić information content (AvgIpc) is 1.87. The van der Waals surface area contributed by atoms with E-state index in [4.69, 9.17) is 5.73 Å². The fourth-order valence-electron chi connectivity index (χ4n) is 0.297. The first-order valence-electron chi connectivity index (χ1n) is 2.99. The third-order valence-corrected chi connectivity index (χ3v) is 0.891. The summed E-state index contributed by atoms with van der Waals surface area (Å²) in [6.45, 7) is 8.43. The summed E-state index contributed by atoms with van der Waals surface area (Å²) in [6, 6.07) is 0. The molecule has 2 N–H and O–H groups in total. The SMILES string of the molecule is [CH2]CC(N)OC(=O)C(=C)C. The van der Waals surface area contributed by atoms with Crippen LogP contribution in [-0.2, 0) is 9.53 Å². The van der Waals surface area contributed by atoms with E-state index < -0.39 is 12.2 Å². The maximum Gasteiger partial charge on any atom is 0.334 e. The second-order valence-electron chi connectivity index (χ2n) is 2.01. The summed E-state index contributed by atoms with van der Waals surface area (Å²) in [7, 11) is 0. The maximum atomic E-state index is 10.7. The van der Waals surface area contributed by atoms with Crippen molar-refractivity contribution < 1.29 is 9.53 Å². The molecule has 0 spiro atoms. The third-order valence-electron chi connectivity index (χ3n) is 0.891. The van der Waals surface area contributed by atoms with Gasteiger partial charge in [0, 0.05) is 5.57 Å². The zero-order valence-electron chi connectivity index (χ0n) is 6.09. The van der Waals surface area contributed by atoms with E-state index in [2.05, 4.69) is 18.2 Å². The molecule has 1 unspecified atom stereocenters. The van der Waals surface area contributed by atoms with Gasteiger partial charge in [0.25, 0.3) is 0 Å². The average molecular weight is 142 g/mol. The Labute approximate surface area is 60.9 Å². The van der Waals surface area contributed by atoms with Gasteiger partial charge in [-0.25, -0.2) is 4.79 Å². The summed E-state index contributed by atoms with van der Waals surface area (Å²) < 4.78 is 4.64. The summed E-state index contributed by atoms with van der Waals surface area (Å²) in [5.41, 5.74) is 5.62. The molecular weight excluding hydrogens is 130 g/mol. The second kappa shape index (κ2) is 4.06. The van der Waals surface area contributed by atoms with Crippen LogP contribution in [0.4, 0.5) is 0 Å². The molecule has 0 aromatic heterocycles. The largest absolute Gasteiger partial charge is 0.443 e. The van der Waals surface area contributed by atoms with E-state index in [9.17, 15) is 4.79 Å². The molecule has 57 valence electrons. The van der Waals surface area contributed by atoms with Gasteiger partial charge >= 0.3 is 5.97 Å². The van der Waals surface area contributed by atoms with Crippen LogP contribution in [0.2, 0.25) is 0 Å². The molecule has 1 atom stereocenters. The number of hydrogen-bond acceptors (Lipinski definition) is 3. The Morgan fingerprint density at radius 3 is 2.60 bits per heavy atom. The minimum atomic E-state index is -0.607. The molecule has 0 fully saturated rings. The molecule has 0 saturated heterocycles. The first kappa shape index (κ1) is 9.17. The number of nitrogens with two attached hydrogens (primary N) is 1. The van der Waals surface area contributed by atoms with E-state index in [1.54, 1.807) is 6.92 Å². The van der Waals surface area contributed by atoms with Gasteiger partial charge in [-0.15, -0.1) is 0 Å². The van der Waals surface area contributed by atoms with E-state index in [1.807, 2.05) is 0 Å². The lowest BCUT2D eigenvalue weighted by atomic mass is 10.3. The quantitative estimate of drug-likeness (QED) is 0.357. The van der Waals surface area contributed by atoms with Crippen molar-refractivity contribution in [2.45, 2.75) is 19.6 Å². The smallest absolute Gasteiger partial charge is 0.334 e. The molecule has 3 nitrogen and oxygen atoms in total. The number of carbonyl (C=O) groups is 1. The van der Waals surface area contributed by atoms with Crippen LogP contribution in [0.15, 0.2) is 12.2 Å². The predicted molar refractivity (Wildman–Crippen MR) is 38.9 cm³/mol. The van der Waals surface area contributed by atoms with Crippen molar-refractivity contribution >= 4 is 5.97 Å². The first-order chi connectivity index (χ1) is 4.57. The Hall–Kier alpha value is -0.830. The van der Waals surface area contributed by atoms with Crippen LogP contribution >= 0.6 is 0 Å². The molecule has 0 aliphatic carbocycles. The van der Waals surface area contributed by atoms with Crippen LogP contribution < -0.4 is 5.73 Å². The van der Waals surface area contributed by atoms with Gasteiger partial charge in [-0.1, -0.05) is 6.58 Å². The molecule has 0 rings (SSSR count). The van der Waals surface area contributed by atoms with Crippen LogP contribution in [0.5, 0.6) is 0 Å². The van der Waals surface area contributed by atoms with Crippen LogP contribution in [0.25, 0.3) is 0 Å². The van der Waals surface area contributed by atoms with Crippen molar-refractivity contribution in [2.75, 3.05) is 0 Å². The molecule has 1 radical (unpaired) electrons. The Kier molecular flexibility index (Phi) is 3.72. The summed E-state index contributed by atoms with van der Waals surface area (Å²) >= 11 is 0. The fourth-order valence-corrected chi connectivity index (χ4v) is 0.297. The van der Waals surface area contributed by atoms with Gasteiger partial charge in [0.15, 0.2) is 6.23 Å². The number of esters is 1. The highest BCUT2D eigenvalue weighted by Gasteiger charge is 2.06. The van der Waals surface area contributed by atoms with Gasteiger partial charge in [-0.3, -0.25) is 5.73 Å². The van der Waals surface area contributed by atoms with Gasteiger partial charge in [0.2, 0.25) is 0 Å². The molecule has 3 heteroatoms. The predicted octanol–water partition coefficient (Wildman–Crippen LogP) is 0.615. The molecule has 0 aliphatic rings. The van der Waals surface area contributed by atoms with E-state index in [1.165, 1.54) is 0 Å². The van der Waals surface area contributed by atoms with Crippen molar-refractivity contribution in [1.82, 2.24) is 0 Å². The molecule has 0 saturated carbocycles. The van der Waals surface area contributed by atoms with E-state index in [0.717, 1.165) is 0 Å². The minimum Gasteiger partial charge on any atom is -0.443 e. The normalized spacial score (nSPS) is 12.3. The first-order valence-corrected chi connectivity index (χ1v) is 2.99. The highest BCUT2D eigenvalue weighted by molar-refractivity contribution is 5.87. The van der Waals surface area contributed by atoms with Crippen LogP contribution in [0, 0.1) is 6.92 Å². The number of carbonyl (C=O) groups excluding carboxylic acids is 1. The van der Waals surface area contributed by atoms with Gasteiger partial charge in [-0.2, -0.15) is 0 Å². The Morgan fingerprint density at radius 1 is 1.80 bits per heavy atom. The third kappa shape index (κ3) is 3.25. The number of hydrogen-bond donors (Lipinski definition) is 1. The van der Waals surface area contributed by atoms with Crippen LogP contribution in [0.1, 0.15) is 13.3 Å². The molecule has 0 aromatic carbocycles. The summed E-state index contributed by atoms with van der Waals surface area (Å²) in [5, 5.41) is 0. The standard InChI is InChI=1S/C7H12NO2/c1-4-6(8)10-7(9)5(2)3/h6H,1-2,4,8H2,3H3. The van der Waals surface area contributed by atoms with Gasteiger partial charge < -0.3 is 4.74 Å². The zero-order chi connectivity index (χ0) is 8.15. The lowest BCUT2D eigenvalue weighted by Gasteiger charge is -2.09. The highest BCUT2D eigenvalue weighted by atomic mass is 16.6. The molecule has 0 aliphatic heterocycles. The fraction of sp³-hybridized carbons (Fsp3) is 0.429. The van der Waals surface area contributed by atoms with Gasteiger partial charge in [-0.05, 0) is 20.3 Å². The lowest BCUT2D eigenvalue weighted by molar-refractivity contribution is -0.143. The van der Waals surface area contributed by atoms with Gasteiger partial charge in [0.1, 0.15) is 0 Å². The Bertz CT molecular complexity index is 143. The van der Waals surface area contributed by atoms with Crippen molar-refractivity contribution in [2.24, 2.45) is 5.73 Å². The Morgan fingerprint density at radius 2 is 2.30 bits per heavy atom. The van der Waals surface area contributed by atoms with Crippen LogP contribution in [0.3, 0.4) is 0 Å². The second-order valence-corrected chi connectivity index (χ2v) is 2.01. The summed E-state index contributed by atoms with van der Waals surface area (Å²) in [6.07, 6.45) is -0.233. The van der Waals surface area contributed by atoms with Gasteiger partial charge in [0.05, 0.1) is 0 Å². The maximum absolute atomic E-state index is 10.7. The van der Waals surface area contributed by atoms with E-state index in [-0.39, 0.29) is 0 Å². The number of rotatable bonds is 3. The summed E-state index contributed by atoms with van der Waals surface area (Å²) in [5.74, 6) is -0.462. The topological polar surface area (TPSA) is 52.3 Å². The molecular formula is C7H12NO2.